The summed E-state index contributed by atoms with van der Waals surface area (Å²) in [6.45, 7) is 7.38. The average molecular weight is 455 g/mol. The molecular weight excluding hydrogens is 427 g/mol. The van der Waals surface area contributed by atoms with Gasteiger partial charge < -0.3 is 10.1 Å². The van der Waals surface area contributed by atoms with E-state index in [2.05, 4.69) is 0 Å². The Kier molecular flexibility index (Phi) is 6.44. The van der Waals surface area contributed by atoms with Gasteiger partial charge in [0.1, 0.15) is 5.75 Å². The van der Waals surface area contributed by atoms with Crippen LogP contribution in [0.5, 0.6) is 5.75 Å². The number of nitrogens with one attached hydrogen (secondary N) is 2. The van der Waals surface area contributed by atoms with Crippen LogP contribution in [0.4, 0.5) is 18.0 Å². The fourth-order valence-electron chi connectivity index (χ4n) is 4.31. The van der Waals surface area contributed by atoms with E-state index < -0.39 is 35.7 Å². The van der Waals surface area contributed by atoms with Crippen LogP contribution in [0.3, 0.4) is 0 Å². The molecule has 1 heterocycles. The van der Waals surface area contributed by atoms with Crippen molar-refractivity contribution >= 4 is 17.8 Å². The standard InChI is InChI=1S/C22H28F3N3O4/c1-12(2)32-16-10-8-15(9-11-16)18(29)26-21(22(23,24)25)19(30)28(20(31)27-21)17-7-5-6-13(3)14(17)4/h8-14,17H,5-7H2,1-4H3,(H,26,29)(H,27,31)/t13-,14+,17+,21-/m0/s1. The first-order valence-electron chi connectivity index (χ1n) is 10.7. The fourth-order valence-corrected chi connectivity index (χ4v) is 4.31. The van der Waals surface area contributed by atoms with Crippen molar-refractivity contribution in [3.63, 3.8) is 0 Å². The molecule has 0 bridgehead atoms. The van der Waals surface area contributed by atoms with Crippen molar-refractivity contribution in [3.05, 3.63) is 29.8 Å². The maximum absolute atomic E-state index is 14.1. The highest BCUT2D eigenvalue weighted by Gasteiger charge is 2.69. The lowest BCUT2D eigenvalue weighted by Gasteiger charge is -2.38. The minimum absolute atomic E-state index is 0.107. The number of carbonyl (C=O) groups is 3. The average Bonchev–Trinajstić information content (AvgIpc) is 2.95. The van der Waals surface area contributed by atoms with Crippen molar-refractivity contribution < 1.29 is 32.3 Å². The first kappa shape index (κ1) is 23.9. The highest BCUT2D eigenvalue weighted by molar-refractivity contribution is 6.10. The molecule has 2 fully saturated rings. The molecule has 32 heavy (non-hydrogen) atoms. The number of ether oxygens (including phenoxy) is 1. The van der Waals surface area contributed by atoms with Gasteiger partial charge in [-0.15, -0.1) is 0 Å². The SMILES string of the molecule is CC(C)Oc1ccc(C(=O)N[C@]2(C(F)(F)F)NC(=O)N([C@@H]3CCC[C@H](C)[C@H]3C)C2=O)cc1. The zero-order chi connectivity index (χ0) is 23.8. The number of amides is 4. The predicted octanol–water partition coefficient (Wildman–Crippen LogP) is 3.84. The van der Waals surface area contributed by atoms with Crippen LogP contribution < -0.4 is 15.4 Å². The van der Waals surface area contributed by atoms with Crippen LogP contribution in [0.25, 0.3) is 0 Å². The number of rotatable bonds is 5. The van der Waals surface area contributed by atoms with Gasteiger partial charge in [0.25, 0.3) is 17.5 Å². The molecule has 1 aromatic carbocycles. The van der Waals surface area contributed by atoms with Crippen LogP contribution in [0, 0.1) is 11.8 Å². The summed E-state index contributed by atoms with van der Waals surface area (Å²) in [7, 11) is 0. The summed E-state index contributed by atoms with van der Waals surface area (Å²) in [5, 5.41) is 3.49. The Morgan fingerprint density at radius 1 is 1.19 bits per heavy atom. The Bertz CT molecular complexity index is 887. The highest BCUT2D eigenvalue weighted by Crippen LogP contribution is 2.39. The van der Waals surface area contributed by atoms with Crippen molar-refractivity contribution in [2.75, 3.05) is 0 Å². The van der Waals surface area contributed by atoms with E-state index in [-0.39, 0.29) is 23.5 Å². The molecule has 1 aliphatic carbocycles. The van der Waals surface area contributed by atoms with Crippen LogP contribution in [-0.4, -0.2) is 46.7 Å². The number of benzene rings is 1. The number of halogens is 3. The zero-order valence-electron chi connectivity index (χ0n) is 18.5. The van der Waals surface area contributed by atoms with Crippen LogP contribution in [-0.2, 0) is 4.79 Å². The molecular formula is C22H28F3N3O4. The second-order valence-corrected chi connectivity index (χ2v) is 8.83. The predicted molar refractivity (Wildman–Crippen MR) is 110 cm³/mol. The van der Waals surface area contributed by atoms with Gasteiger partial charge in [0, 0.05) is 11.6 Å². The second kappa shape index (κ2) is 8.63. The largest absolute Gasteiger partial charge is 0.491 e. The maximum atomic E-state index is 14.1. The highest BCUT2D eigenvalue weighted by atomic mass is 19.4. The summed E-state index contributed by atoms with van der Waals surface area (Å²) in [6.07, 6.45) is -3.37. The molecule has 4 amide bonds. The molecule has 7 nitrogen and oxygen atoms in total. The van der Waals surface area contributed by atoms with Crippen molar-refractivity contribution in [2.45, 2.75) is 70.9 Å². The zero-order valence-corrected chi connectivity index (χ0v) is 18.5. The van der Waals surface area contributed by atoms with E-state index >= 15 is 0 Å². The Labute approximate surface area is 184 Å². The second-order valence-electron chi connectivity index (χ2n) is 8.83. The molecule has 1 aliphatic heterocycles. The van der Waals surface area contributed by atoms with Gasteiger partial charge in [0.2, 0.25) is 0 Å². The molecule has 1 saturated heterocycles. The fraction of sp³-hybridized carbons (Fsp3) is 0.591. The lowest BCUT2D eigenvalue weighted by Crippen LogP contribution is -2.69. The quantitative estimate of drug-likeness (QED) is 0.661. The normalized spacial score (nSPS) is 28.6. The Morgan fingerprint density at radius 2 is 1.81 bits per heavy atom. The van der Waals surface area contributed by atoms with Gasteiger partial charge >= 0.3 is 12.2 Å². The van der Waals surface area contributed by atoms with Gasteiger partial charge in [0.05, 0.1) is 6.10 Å². The topological polar surface area (TPSA) is 87.7 Å². The Morgan fingerprint density at radius 3 is 2.38 bits per heavy atom. The van der Waals surface area contributed by atoms with E-state index in [0.29, 0.717) is 23.5 Å². The van der Waals surface area contributed by atoms with Crippen molar-refractivity contribution in [1.29, 1.82) is 0 Å². The van der Waals surface area contributed by atoms with Gasteiger partial charge in [-0.3, -0.25) is 19.8 Å². The maximum Gasteiger partial charge on any atom is 0.440 e. The van der Waals surface area contributed by atoms with Gasteiger partial charge in [0.15, 0.2) is 0 Å². The summed E-state index contributed by atoms with van der Waals surface area (Å²) < 4.78 is 47.9. The van der Waals surface area contributed by atoms with Crippen molar-refractivity contribution in [2.24, 2.45) is 11.8 Å². The number of imide groups is 1. The molecule has 3 rings (SSSR count). The molecule has 0 unspecified atom stereocenters. The van der Waals surface area contributed by atoms with Crippen LogP contribution >= 0.6 is 0 Å². The lowest BCUT2D eigenvalue weighted by atomic mass is 9.77. The van der Waals surface area contributed by atoms with E-state index in [9.17, 15) is 27.6 Å². The molecule has 4 atom stereocenters. The van der Waals surface area contributed by atoms with Gasteiger partial charge in [-0.25, -0.2) is 4.79 Å². The minimum atomic E-state index is -5.24. The number of carbonyl (C=O) groups excluding carboxylic acids is 3. The summed E-state index contributed by atoms with van der Waals surface area (Å²) in [6, 6.07) is 3.66. The van der Waals surface area contributed by atoms with E-state index in [1.807, 2.05) is 27.7 Å². The minimum Gasteiger partial charge on any atom is -0.491 e. The molecule has 2 N–H and O–H groups in total. The van der Waals surface area contributed by atoms with E-state index in [4.69, 9.17) is 4.74 Å². The first-order chi connectivity index (χ1) is 14.9. The molecule has 2 aliphatic rings. The third-order valence-electron chi connectivity index (χ3n) is 6.26. The number of hydrogen-bond donors (Lipinski definition) is 2. The molecule has 0 aromatic heterocycles. The van der Waals surface area contributed by atoms with Gasteiger partial charge in [-0.1, -0.05) is 26.7 Å². The van der Waals surface area contributed by atoms with Crippen LogP contribution in [0.15, 0.2) is 24.3 Å². The van der Waals surface area contributed by atoms with E-state index in [0.717, 1.165) is 6.42 Å². The summed E-state index contributed by atoms with van der Waals surface area (Å²) in [4.78, 5) is 39.0. The van der Waals surface area contributed by atoms with E-state index in [1.54, 1.807) is 10.6 Å². The summed E-state index contributed by atoms with van der Waals surface area (Å²) >= 11 is 0. The molecule has 1 saturated carbocycles. The third kappa shape index (κ3) is 4.27. The number of nitrogens with zero attached hydrogens (tertiary/aromatic N) is 1. The molecule has 10 heteroatoms. The van der Waals surface area contributed by atoms with Crippen molar-refractivity contribution in [3.8, 4) is 5.75 Å². The number of hydrogen-bond acceptors (Lipinski definition) is 4. The molecule has 176 valence electrons. The van der Waals surface area contributed by atoms with Gasteiger partial charge in [-0.05, 0) is 56.4 Å². The Hall–Kier alpha value is -2.78. The summed E-state index contributed by atoms with van der Waals surface area (Å²) in [5.74, 6) is -2.21. The van der Waals surface area contributed by atoms with Gasteiger partial charge in [-0.2, -0.15) is 13.2 Å². The molecule has 0 spiro atoms. The summed E-state index contributed by atoms with van der Waals surface area (Å²) in [5.41, 5.74) is -3.63. The molecule has 0 radical (unpaired) electrons. The number of urea groups is 1. The lowest BCUT2D eigenvalue weighted by molar-refractivity contribution is -0.201. The van der Waals surface area contributed by atoms with Crippen molar-refractivity contribution in [1.82, 2.24) is 15.5 Å². The van der Waals surface area contributed by atoms with Crippen LogP contribution in [0.2, 0.25) is 0 Å². The first-order valence-corrected chi connectivity index (χ1v) is 10.7. The monoisotopic (exact) mass is 455 g/mol. The molecule has 1 aromatic rings. The third-order valence-corrected chi connectivity index (χ3v) is 6.26. The van der Waals surface area contributed by atoms with Crippen LogP contribution in [0.1, 0.15) is 57.3 Å². The van der Waals surface area contributed by atoms with E-state index in [1.165, 1.54) is 24.3 Å². The smallest absolute Gasteiger partial charge is 0.440 e. The number of alkyl halides is 3. The Balaban J connectivity index is 1.88.